The number of carbonyl (C=O) groups excluding carboxylic acids is 1. The van der Waals surface area contributed by atoms with Crippen molar-refractivity contribution in [2.75, 3.05) is 11.9 Å². The summed E-state index contributed by atoms with van der Waals surface area (Å²) in [7, 11) is 0. The van der Waals surface area contributed by atoms with E-state index in [-0.39, 0.29) is 29.9 Å². The number of carboxylic acid groups (broad SMARTS) is 1. The van der Waals surface area contributed by atoms with Crippen molar-refractivity contribution in [2.24, 2.45) is 5.73 Å². The molecule has 0 radical (unpaired) electrons. The molecular weight excluding hydrogens is 354 g/mol. The number of hydrogen-bond donors (Lipinski definition) is 5. The summed E-state index contributed by atoms with van der Waals surface area (Å²) >= 11 is 1.19. The van der Waals surface area contributed by atoms with Gasteiger partial charge in [-0.2, -0.15) is 0 Å². The SMILES string of the molecule is N=C(N)Nc1nc(C(=O)NCCC[C@@H](CC(=O)O)c2ccccc2)cs1. The summed E-state index contributed by atoms with van der Waals surface area (Å²) < 4.78 is 0. The summed E-state index contributed by atoms with van der Waals surface area (Å²) in [5.74, 6) is -1.48. The molecule has 0 saturated carbocycles. The van der Waals surface area contributed by atoms with Crippen LogP contribution in [-0.2, 0) is 4.79 Å². The highest BCUT2D eigenvalue weighted by atomic mass is 32.1. The third-order valence-electron chi connectivity index (χ3n) is 3.69. The van der Waals surface area contributed by atoms with Gasteiger partial charge in [0.1, 0.15) is 5.69 Å². The van der Waals surface area contributed by atoms with E-state index in [1.807, 2.05) is 30.3 Å². The Morgan fingerprint density at radius 3 is 2.69 bits per heavy atom. The summed E-state index contributed by atoms with van der Waals surface area (Å²) in [6.07, 6.45) is 1.37. The molecule has 26 heavy (non-hydrogen) atoms. The topological polar surface area (TPSA) is 141 Å². The first kappa shape index (κ1) is 19.4. The second-order valence-corrected chi connectivity index (χ2v) is 6.54. The normalized spacial score (nSPS) is 11.5. The first-order valence-electron chi connectivity index (χ1n) is 8.07. The van der Waals surface area contributed by atoms with E-state index in [1.54, 1.807) is 5.38 Å². The largest absolute Gasteiger partial charge is 0.481 e. The first-order valence-corrected chi connectivity index (χ1v) is 8.95. The number of nitrogens with one attached hydrogen (secondary N) is 3. The highest BCUT2D eigenvalue weighted by Crippen LogP contribution is 2.24. The van der Waals surface area contributed by atoms with Crippen molar-refractivity contribution in [3.63, 3.8) is 0 Å². The lowest BCUT2D eigenvalue weighted by Gasteiger charge is -2.15. The number of nitrogens with zero attached hydrogens (tertiary/aromatic N) is 1. The van der Waals surface area contributed by atoms with E-state index in [0.29, 0.717) is 24.5 Å². The maximum Gasteiger partial charge on any atom is 0.303 e. The summed E-state index contributed by atoms with van der Waals surface area (Å²) in [6, 6.07) is 9.52. The molecule has 138 valence electrons. The number of hydrogen-bond acceptors (Lipinski definition) is 5. The fourth-order valence-corrected chi connectivity index (χ4v) is 3.22. The second kappa shape index (κ2) is 9.52. The summed E-state index contributed by atoms with van der Waals surface area (Å²) in [5.41, 5.74) is 6.46. The number of amides is 1. The van der Waals surface area contributed by atoms with Gasteiger partial charge >= 0.3 is 5.97 Å². The Balaban J connectivity index is 1.82. The quantitative estimate of drug-likeness (QED) is 0.258. The molecule has 2 aromatic rings. The Morgan fingerprint density at radius 2 is 2.04 bits per heavy atom. The van der Waals surface area contributed by atoms with Gasteiger partial charge in [-0.1, -0.05) is 30.3 Å². The molecule has 9 heteroatoms. The second-order valence-electron chi connectivity index (χ2n) is 5.68. The van der Waals surface area contributed by atoms with Crippen molar-refractivity contribution >= 4 is 34.3 Å². The molecule has 0 aliphatic rings. The molecule has 0 fully saturated rings. The van der Waals surface area contributed by atoms with Crippen LogP contribution in [0.3, 0.4) is 0 Å². The van der Waals surface area contributed by atoms with Crippen LogP contribution in [0, 0.1) is 5.41 Å². The lowest BCUT2D eigenvalue weighted by atomic mass is 9.91. The molecule has 0 unspecified atom stereocenters. The van der Waals surface area contributed by atoms with Crippen LogP contribution in [-0.4, -0.2) is 34.5 Å². The van der Waals surface area contributed by atoms with Crippen LogP contribution in [0.4, 0.5) is 5.13 Å². The predicted molar refractivity (Wildman–Crippen MR) is 101 cm³/mol. The first-order chi connectivity index (χ1) is 12.5. The van der Waals surface area contributed by atoms with E-state index < -0.39 is 5.97 Å². The van der Waals surface area contributed by atoms with Crippen LogP contribution >= 0.6 is 11.3 Å². The minimum absolute atomic E-state index is 0.0596. The molecule has 1 heterocycles. The highest BCUT2D eigenvalue weighted by molar-refractivity contribution is 7.14. The maximum atomic E-state index is 12.1. The van der Waals surface area contributed by atoms with Crippen LogP contribution in [0.25, 0.3) is 0 Å². The predicted octanol–water partition coefficient (Wildman–Crippen LogP) is 2.22. The zero-order valence-corrected chi connectivity index (χ0v) is 14.9. The summed E-state index contributed by atoms with van der Waals surface area (Å²) in [4.78, 5) is 27.2. The van der Waals surface area contributed by atoms with Gasteiger partial charge in [0.15, 0.2) is 11.1 Å². The molecule has 1 atom stereocenters. The van der Waals surface area contributed by atoms with Gasteiger partial charge in [0.25, 0.3) is 5.91 Å². The molecule has 2 rings (SSSR count). The lowest BCUT2D eigenvalue weighted by molar-refractivity contribution is -0.137. The van der Waals surface area contributed by atoms with E-state index in [9.17, 15) is 9.59 Å². The van der Waals surface area contributed by atoms with Crippen molar-refractivity contribution in [3.8, 4) is 0 Å². The van der Waals surface area contributed by atoms with E-state index in [0.717, 1.165) is 5.56 Å². The number of carbonyl (C=O) groups is 2. The third-order valence-corrected chi connectivity index (χ3v) is 4.44. The molecule has 1 amide bonds. The number of carboxylic acids is 1. The van der Waals surface area contributed by atoms with Crippen LogP contribution in [0.1, 0.15) is 41.2 Å². The number of aromatic nitrogens is 1. The van der Waals surface area contributed by atoms with Crippen LogP contribution in [0.2, 0.25) is 0 Å². The van der Waals surface area contributed by atoms with Gasteiger partial charge < -0.3 is 21.5 Å². The molecule has 8 nitrogen and oxygen atoms in total. The molecular formula is C17H21N5O3S. The Bertz CT molecular complexity index is 763. The Kier molecular flexibility index (Phi) is 7.10. The number of nitrogens with two attached hydrogens (primary N) is 1. The molecule has 0 spiro atoms. The Labute approximate surface area is 155 Å². The molecule has 6 N–H and O–H groups in total. The highest BCUT2D eigenvalue weighted by Gasteiger charge is 2.16. The van der Waals surface area contributed by atoms with Gasteiger partial charge in [0, 0.05) is 11.9 Å². The maximum absolute atomic E-state index is 12.1. The average Bonchev–Trinajstić information content (AvgIpc) is 3.05. The number of anilines is 1. The molecule has 1 aromatic carbocycles. The summed E-state index contributed by atoms with van der Waals surface area (Å²) in [5, 5.41) is 23.5. The average molecular weight is 375 g/mol. The number of aliphatic carboxylic acids is 1. The van der Waals surface area contributed by atoms with Gasteiger partial charge in [0.05, 0.1) is 6.42 Å². The summed E-state index contributed by atoms with van der Waals surface area (Å²) in [6.45, 7) is 0.425. The lowest BCUT2D eigenvalue weighted by Crippen LogP contribution is -2.25. The standard InChI is InChI=1S/C17H21N5O3S/c18-16(19)22-17-21-13(10-26-17)15(25)20-8-4-7-12(9-14(23)24)11-5-2-1-3-6-11/h1-3,5-6,10,12H,4,7-9H2,(H,20,25)(H,23,24)(H4,18,19,21,22)/t12-/m0/s1. The van der Waals surface area contributed by atoms with E-state index in [2.05, 4.69) is 15.6 Å². The number of thiazole rings is 1. The van der Waals surface area contributed by atoms with E-state index in [4.69, 9.17) is 16.2 Å². The fourth-order valence-electron chi connectivity index (χ4n) is 2.51. The Morgan fingerprint density at radius 1 is 1.31 bits per heavy atom. The fraction of sp³-hybridized carbons (Fsp3) is 0.294. The van der Waals surface area contributed by atoms with Gasteiger partial charge in [-0.3, -0.25) is 15.0 Å². The molecule has 0 saturated heterocycles. The molecule has 1 aromatic heterocycles. The number of rotatable bonds is 9. The molecule has 0 bridgehead atoms. The van der Waals surface area contributed by atoms with E-state index in [1.165, 1.54) is 11.3 Å². The zero-order valence-electron chi connectivity index (χ0n) is 14.1. The van der Waals surface area contributed by atoms with Crippen LogP contribution < -0.4 is 16.4 Å². The van der Waals surface area contributed by atoms with Crippen molar-refractivity contribution in [1.29, 1.82) is 5.41 Å². The van der Waals surface area contributed by atoms with Crippen molar-refractivity contribution < 1.29 is 14.7 Å². The van der Waals surface area contributed by atoms with Crippen molar-refractivity contribution in [1.82, 2.24) is 10.3 Å². The van der Waals surface area contributed by atoms with Gasteiger partial charge in [-0.05, 0) is 24.3 Å². The van der Waals surface area contributed by atoms with Gasteiger partial charge in [-0.25, -0.2) is 4.98 Å². The van der Waals surface area contributed by atoms with Crippen LogP contribution in [0.15, 0.2) is 35.7 Å². The van der Waals surface area contributed by atoms with Gasteiger partial charge in [-0.15, -0.1) is 11.3 Å². The zero-order chi connectivity index (χ0) is 18.9. The van der Waals surface area contributed by atoms with Gasteiger partial charge in [0.2, 0.25) is 0 Å². The molecule has 0 aliphatic heterocycles. The monoisotopic (exact) mass is 375 g/mol. The van der Waals surface area contributed by atoms with E-state index >= 15 is 0 Å². The van der Waals surface area contributed by atoms with Crippen LogP contribution in [0.5, 0.6) is 0 Å². The van der Waals surface area contributed by atoms with Crippen molar-refractivity contribution in [3.05, 3.63) is 47.0 Å². The minimum atomic E-state index is -0.837. The smallest absolute Gasteiger partial charge is 0.303 e. The molecule has 0 aliphatic carbocycles. The number of benzene rings is 1. The Hall–Kier alpha value is -2.94. The van der Waals surface area contributed by atoms with Crippen molar-refractivity contribution in [2.45, 2.75) is 25.2 Å². The number of guanidine groups is 1. The third kappa shape index (κ3) is 6.17. The minimum Gasteiger partial charge on any atom is -0.481 e.